The van der Waals surface area contributed by atoms with Gasteiger partial charge in [-0.05, 0) is 56.6 Å². The molecule has 1 atom stereocenters. The summed E-state index contributed by atoms with van der Waals surface area (Å²) in [6.07, 6.45) is 30.7. The molecule has 1 unspecified atom stereocenters. The van der Waals surface area contributed by atoms with Crippen LogP contribution in [0.2, 0.25) is 0 Å². The Labute approximate surface area is 683 Å². The lowest BCUT2D eigenvalue weighted by Crippen LogP contribution is -2.49. The smallest absolute Gasteiger partial charge is 0.324 e. The molecule has 672 valence electrons. The minimum atomic E-state index is -0.854. The largest absolute Gasteiger partial charge is 0.337 e. The van der Waals surface area contributed by atoms with Crippen molar-refractivity contribution in [2.24, 2.45) is 98.7 Å². The molecule has 2 rings (SSSR count). The molecule has 47 nitrogen and oxygen atoms in total. The van der Waals surface area contributed by atoms with Crippen molar-refractivity contribution in [3.05, 3.63) is 35.4 Å². The van der Waals surface area contributed by atoms with E-state index < -0.39 is 41.7 Å². The number of Topliss-reactive ketones (excluding diaryl/α,β-unsaturated/α-hetero) is 6. The minimum Gasteiger partial charge on any atom is -0.324 e. The van der Waals surface area contributed by atoms with Gasteiger partial charge in [-0.25, -0.2) is 72.8 Å². The summed E-state index contributed by atoms with van der Waals surface area (Å²) >= 11 is 0. The summed E-state index contributed by atoms with van der Waals surface area (Å²) < 4.78 is 0. The Morgan fingerprint density at radius 3 is 0.872 bits per heavy atom. The second kappa shape index (κ2) is 82.6. The highest BCUT2D eigenvalue weighted by Gasteiger charge is 2.46. The van der Waals surface area contributed by atoms with Crippen molar-refractivity contribution in [1.82, 2.24) is 69.4 Å². The van der Waals surface area contributed by atoms with Crippen LogP contribution in [-0.2, 0) is 62.3 Å². The van der Waals surface area contributed by atoms with E-state index >= 15 is 0 Å². The zero-order chi connectivity index (χ0) is 90.2. The fourth-order valence-electron chi connectivity index (χ4n) is 9.61. The lowest BCUT2D eigenvalue weighted by molar-refractivity contribution is -0.137. The molecule has 1 aromatic rings. The molecule has 1 aromatic carbocycles. The topological polar surface area (TPSA) is 862 Å². The number of nitrogens with two attached hydrogens (primary N) is 16. The van der Waals surface area contributed by atoms with Crippen LogP contribution in [-0.4, -0.2) is 174 Å². The Bertz CT molecular complexity index is 2860. The number of unbranched alkanes of at least 4 members (excludes halogenated alkanes) is 21. The van der Waals surface area contributed by atoms with Crippen LogP contribution in [0.4, 0.5) is 14.4 Å². The van der Waals surface area contributed by atoms with Crippen LogP contribution in [0.15, 0.2) is 24.3 Å². The van der Waals surface area contributed by atoms with E-state index in [9.17, 15) is 86.3 Å². The van der Waals surface area contributed by atoms with Gasteiger partial charge in [0, 0.05) is 88.4 Å². The van der Waals surface area contributed by atoms with Gasteiger partial charge >= 0.3 is 24.0 Å². The predicted octanol–water partition coefficient (Wildman–Crippen LogP) is -4.79. The second-order valence-electron chi connectivity index (χ2n) is 25.9. The van der Waals surface area contributed by atoms with E-state index in [1.165, 1.54) is 94.1 Å². The van der Waals surface area contributed by atoms with Crippen LogP contribution in [0.25, 0.3) is 0 Å². The van der Waals surface area contributed by atoms with Gasteiger partial charge in [0.05, 0.1) is 39.3 Å². The number of benzene rings is 1. The first kappa shape index (κ1) is 118. The zero-order valence-electron chi connectivity index (χ0n) is 68.1. The van der Waals surface area contributed by atoms with Gasteiger partial charge in [0.25, 0.3) is 11.8 Å². The van der Waals surface area contributed by atoms with Crippen LogP contribution in [0.3, 0.4) is 0 Å². The number of nitrogens with zero attached hydrogens (tertiary/aromatic N) is 2. The number of amides is 15. The standard InChI is InChI=1S/C20H42N4O2.C14H24N4O4.C10H22N4O2.C9H11N3O2.C7H15N3O2.C5H11N3O2.C3H7N3O2.C2H7N5O2/c21-23-19(25)17-15-13-11-9-7-5-3-1-2-4-6-8-10-12-14-16-18-20(26)24-22;1-9(2)12-13(21)18(6-4-11(20)8-16)14(22)17(12)5-3-10(19)7-15;11-13-9(15)7-5-3-1-2-4-6-8-10(16)14-12;10-5-8(13)6-1-3-7(4-2-6)9(14)12-11;8-5-6(11)3-1-2-4-7(12)10-9;6-3-4(9)1-2-5(10)8-7;4-1-2(7)3(8)6-5;3-6-1(8)5-2(9)7-4/h1-18,21-22H2,(H,23,25)(H,24,26);9,12H,3-8,15-16H2,1-2H3;1-8,11-12H2,(H,13,15)(H,14,16);1-4H,5,10-11H2,(H,12,14);1-5,8-9H2,(H,10,12);1-3,6-7H2,(H,8,10);1,4-5H2,(H,6,8);3-4H2,(H3,5,6,7,8,9). The number of hydrazine groups is 10. The first-order valence-electron chi connectivity index (χ1n) is 38.6. The third kappa shape index (κ3) is 72.3. The highest BCUT2D eigenvalue weighted by molar-refractivity contribution is 6.36. The first-order chi connectivity index (χ1) is 55.7. The Hall–Kier alpha value is -9.96. The van der Waals surface area contributed by atoms with Gasteiger partial charge in [0.1, 0.15) is 29.2 Å². The van der Waals surface area contributed by atoms with Crippen molar-refractivity contribution in [2.75, 3.05) is 52.4 Å². The number of ketones is 6. The molecule has 0 spiro atoms. The maximum absolute atomic E-state index is 12.4. The molecule has 0 radical (unpaired) electrons. The van der Waals surface area contributed by atoms with E-state index in [-0.39, 0.29) is 154 Å². The summed E-state index contributed by atoms with van der Waals surface area (Å²) in [6, 6.07) is 3.41. The lowest BCUT2D eigenvalue weighted by atomic mass is 10.0. The number of hydrogen-bond donors (Lipinski definition) is 27. The fraction of sp³-hybridized carbons (Fsp3) is 0.657. The van der Waals surface area contributed by atoms with E-state index in [4.69, 9.17) is 75.3 Å². The number of nitrogens with one attached hydrogen (secondary N) is 11. The molecule has 0 aliphatic carbocycles. The highest BCUT2D eigenvalue weighted by atomic mass is 16.2. The number of rotatable bonds is 52. The predicted molar refractivity (Wildman–Crippen MR) is 436 cm³/mol. The van der Waals surface area contributed by atoms with Gasteiger partial charge in [-0.3, -0.25) is 136 Å². The van der Waals surface area contributed by atoms with Crippen molar-refractivity contribution in [3.63, 3.8) is 0 Å². The molecule has 15 amide bonds. The molecule has 43 N–H and O–H groups in total. The first-order valence-corrected chi connectivity index (χ1v) is 38.6. The van der Waals surface area contributed by atoms with E-state index in [0.717, 1.165) is 69.1 Å². The van der Waals surface area contributed by atoms with E-state index in [2.05, 4.69) is 39.2 Å². The molecule has 47 heteroatoms. The van der Waals surface area contributed by atoms with Gasteiger partial charge < -0.3 is 39.3 Å². The number of carbonyl (C=O) groups is 18. The molecular formula is C70H139N29O18. The second-order valence-corrected chi connectivity index (χ2v) is 25.9. The van der Waals surface area contributed by atoms with Crippen molar-refractivity contribution in [3.8, 4) is 0 Å². The average Bonchev–Trinajstić information content (AvgIpc) is 1.64. The number of urea groups is 3. The van der Waals surface area contributed by atoms with Gasteiger partial charge in [0.15, 0.2) is 5.78 Å². The quantitative estimate of drug-likeness (QED) is 0.00554. The fourth-order valence-corrected chi connectivity index (χ4v) is 9.61. The SMILES string of the molecule is CC(C)C1C(=O)N(CCC(=O)CN)C(=O)N1CCC(=O)CN.NCC(=O)C(=O)NN.NCC(=O)CCC(=O)NN.NCC(=O)CCCCC(=O)NN.NCC(=O)c1ccc(C(=O)NN)cc1.NNC(=O)CCCCCCCCC(=O)NN.NNC(=O)CCCCCCCCCCCCCCCCCCC(=O)NN.NNC(=O)NC(=O)NN. The summed E-state index contributed by atoms with van der Waals surface area (Å²) in [6.45, 7) is 3.38. The summed E-state index contributed by atoms with van der Waals surface area (Å²) in [4.78, 5) is 198. The van der Waals surface area contributed by atoms with Crippen LogP contribution in [0.5, 0.6) is 0 Å². The Kier molecular flexibility index (Phi) is 83.2. The maximum atomic E-state index is 12.4. The number of imide groups is 2. The summed E-state index contributed by atoms with van der Waals surface area (Å²) in [7, 11) is 0. The van der Waals surface area contributed by atoms with Crippen LogP contribution in [0.1, 0.15) is 253 Å². The van der Waals surface area contributed by atoms with Crippen LogP contribution in [0, 0.1) is 5.92 Å². The van der Waals surface area contributed by atoms with E-state index in [1.807, 2.05) is 30.1 Å². The zero-order valence-corrected chi connectivity index (χ0v) is 68.1. The van der Waals surface area contributed by atoms with Crippen LogP contribution < -0.4 is 152 Å². The molecule has 1 aliphatic heterocycles. The third-order valence-corrected chi connectivity index (χ3v) is 16.3. The third-order valence-electron chi connectivity index (χ3n) is 16.3. The van der Waals surface area contributed by atoms with Crippen molar-refractivity contribution >= 4 is 106 Å². The van der Waals surface area contributed by atoms with Gasteiger partial charge in [-0.2, -0.15) is 0 Å². The average molecular weight is 1680 g/mol. The summed E-state index contributed by atoms with van der Waals surface area (Å²) in [5, 5.41) is 1.73. The van der Waals surface area contributed by atoms with E-state index in [1.54, 1.807) is 33.7 Å². The number of nitrogen functional groups attached to an aromatic ring is 1. The molecule has 1 aliphatic rings. The molecule has 0 bridgehead atoms. The van der Waals surface area contributed by atoms with Crippen molar-refractivity contribution in [1.29, 1.82) is 0 Å². The van der Waals surface area contributed by atoms with Gasteiger partial charge in [-0.1, -0.05) is 142 Å². The monoisotopic (exact) mass is 1670 g/mol. The maximum Gasteiger partial charge on any atom is 0.337 e. The van der Waals surface area contributed by atoms with Crippen molar-refractivity contribution < 1.29 is 86.3 Å². The molecule has 1 fully saturated rings. The summed E-state index contributed by atoms with van der Waals surface area (Å²) in [5.74, 6) is 44.4. The van der Waals surface area contributed by atoms with Crippen molar-refractivity contribution in [2.45, 2.75) is 238 Å². The molecule has 117 heavy (non-hydrogen) atoms. The molecule has 0 saturated carbocycles. The summed E-state index contributed by atoms with van der Waals surface area (Å²) in [5.41, 5.74) is 50.9. The lowest BCUT2D eigenvalue weighted by Gasteiger charge is -2.24. The number of hydrogen-bond acceptors (Lipinski definition) is 34. The molecular weight excluding hydrogens is 1530 g/mol. The van der Waals surface area contributed by atoms with E-state index in [0.29, 0.717) is 62.5 Å². The molecule has 0 aromatic heterocycles. The Balaban J connectivity index is -0.000000310. The Morgan fingerprint density at radius 1 is 0.316 bits per heavy atom. The Morgan fingerprint density at radius 2 is 0.598 bits per heavy atom. The normalized spacial score (nSPS) is 11.3. The van der Waals surface area contributed by atoms with Gasteiger partial charge in [-0.15, -0.1) is 0 Å². The molecule has 1 saturated heterocycles. The van der Waals surface area contributed by atoms with Crippen LogP contribution >= 0.6 is 0 Å². The molecule has 1 heterocycles. The van der Waals surface area contributed by atoms with Gasteiger partial charge in [0.2, 0.25) is 41.2 Å². The minimum absolute atomic E-state index is 0.0160. The highest BCUT2D eigenvalue weighted by Crippen LogP contribution is 2.24. The number of carbonyl (C=O) groups excluding carboxylic acids is 18.